The molecular weight excluding hydrogens is 352 g/mol. The summed E-state index contributed by atoms with van der Waals surface area (Å²) in [6.07, 6.45) is 0. The highest BCUT2D eigenvalue weighted by Crippen LogP contribution is 2.28. The Labute approximate surface area is 154 Å². The lowest BCUT2D eigenvalue weighted by Gasteiger charge is -2.20. The molecule has 0 aromatic heterocycles. The summed E-state index contributed by atoms with van der Waals surface area (Å²) in [5.74, 6) is -0.170. The fourth-order valence-corrected chi connectivity index (χ4v) is 4.20. The van der Waals surface area contributed by atoms with Crippen LogP contribution in [0, 0.1) is 6.92 Å². The Bertz CT molecular complexity index is 873. The van der Waals surface area contributed by atoms with Gasteiger partial charge in [0.1, 0.15) is 10.6 Å². The molecule has 0 spiro atoms. The smallest absolute Gasteiger partial charge is 0.255 e. The number of nitrogens with one attached hydrogen (secondary N) is 1. The van der Waals surface area contributed by atoms with Crippen LogP contribution in [-0.2, 0) is 10.0 Å². The average molecular weight is 376 g/mol. The third-order valence-corrected chi connectivity index (χ3v) is 6.13. The van der Waals surface area contributed by atoms with E-state index in [4.69, 9.17) is 4.74 Å². The van der Waals surface area contributed by atoms with E-state index in [-0.39, 0.29) is 22.1 Å². The maximum absolute atomic E-state index is 12.9. The minimum atomic E-state index is -3.75. The van der Waals surface area contributed by atoms with Gasteiger partial charge in [-0.3, -0.25) is 4.79 Å². The Morgan fingerprint density at radius 2 is 1.69 bits per heavy atom. The molecule has 7 heteroatoms. The number of hydrogen-bond donors (Lipinski definition) is 1. The Morgan fingerprint density at radius 1 is 1.08 bits per heavy atom. The zero-order chi connectivity index (χ0) is 19.3. The van der Waals surface area contributed by atoms with Crippen molar-refractivity contribution < 1.29 is 17.9 Å². The summed E-state index contributed by atoms with van der Waals surface area (Å²) >= 11 is 0. The van der Waals surface area contributed by atoms with E-state index < -0.39 is 10.0 Å². The minimum absolute atomic E-state index is 0.0137. The highest BCUT2D eigenvalue weighted by atomic mass is 32.2. The fourth-order valence-electron chi connectivity index (χ4n) is 2.56. The molecule has 140 valence electrons. The first-order valence-corrected chi connectivity index (χ1v) is 9.83. The Hall–Kier alpha value is -2.38. The van der Waals surface area contributed by atoms with Crippen LogP contribution >= 0.6 is 0 Å². The highest BCUT2D eigenvalue weighted by Gasteiger charge is 2.26. The van der Waals surface area contributed by atoms with Crippen molar-refractivity contribution in [3.05, 3.63) is 53.6 Å². The van der Waals surface area contributed by atoms with Gasteiger partial charge < -0.3 is 10.1 Å². The second kappa shape index (κ2) is 8.33. The molecule has 2 aromatic rings. The van der Waals surface area contributed by atoms with Crippen LogP contribution in [0.4, 0.5) is 5.69 Å². The van der Waals surface area contributed by atoms with Gasteiger partial charge in [0.25, 0.3) is 5.91 Å². The minimum Gasteiger partial charge on any atom is -0.495 e. The number of rotatable bonds is 7. The van der Waals surface area contributed by atoms with E-state index in [1.807, 2.05) is 19.1 Å². The standard InChI is InChI=1S/C19H24N2O4S/c1-5-21(6-2)26(23,24)18-13-15(9-12-17(18)25-4)19(22)20-16-10-7-14(3)8-11-16/h7-13H,5-6H2,1-4H3,(H,20,22). The lowest BCUT2D eigenvalue weighted by molar-refractivity contribution is 0.102. The van der Waals surface area contributed by atoms with Crippen molar-refractivity contribution in [1.29, 1.82) is 0 Å². The van der Waals surface area contributed by atoms with Crippen LogP contribution in [0.15, 0.2) is 47.4 Å². The van der Waals surface area contributed by atoms with Crippen LogP contribution in [0.1, 0.15) is 29.8 Å². The number of ether oxygens (including phenoxy) is 1. The molecule has 6 nitrogen and oxygen atoms in total. The van der Waals surface area contributed by atoms with Gasteiger partial charge in [0.05, 0.1) is 7.11 Å². The third-order valence-electron chi connectivity index (χ3n) is 4.06. The molecule has 0 saturated carbocycles. The highest BCUT2D eigenvalue weighted by molar-refractivity contribution is 7.89. The summed E-state index contributed by atoms with van der Waals surface area (Å²) in [4.78, 5) is 12.5. The molecular formula is C19H24N2O4S. The second-order valence-electron chi connectivity index (χ2n) is 5.78. The van der Waals surface area contributed by atoms with Gasteiger partial charge in [0, 0.05) is 24.3 Å². The molecule has 2 aromatic carbocycles. The van der Waals surface area contributed by atoms with E-state index in [0.29, 0.717) is 18.8 Å². The summed E-state index contributed by atoms with van der Waals surface area (Å²) in [5.41, 5.74) is 1.97. The van der Waals surface area contributed by atoms with Gasteiger partial charge in [-0.05, 0) is 37.3 Å². The summed E-state index contributed by atoms with van der Waals surface area (Å²) in [7, 11) is -2.34. The van der Waals surface area contributed by atoms with Crippen molar-refractivity contribution in [3.63, 3.8) is 0 Å². The van der Waals surface area contributed by atoms with Gasteiger partial charge in [-0.2, -0.15) is 4.31 Å². The number of sulfonamides is 1. The van der Waals surface area contributed by atoms with Gasteiger partial charge in [-0.25, -0.2) is 8.42 Å². The maximum atomic E-state index is 12.9. The molecule has 2 rings (SSSR count). The molecule has 0 aliphatic heterocycles. The van der Waals surface area contributed by atoms with Crippen LogP contribution in [0.2, 0.25) is 0 Å². The number of benzene rings is 2. The first kappa shape index (κ1) is 19.9. The zero-order valence-corrected chi connectivity index (χ0v) is 16.3. The number of methoxy groups -OCH3 is 1. The van der Waals surface area contributed by atoms with E-state index in [1.165, 1.54) is 23.5 Å². The van der Waals surface area contributed by atoms with Crippen LogP contribution in [0.3, 0.4) is 0 Å². The van der Waals surface area contributed by atoms with Crippen LogP contribution in [0.25, 0.3) is 0 Å². The van der Waals surface area contributed by atoms with E-state index in [1.54, 1.807) is 32.0 Å². The predicted molar refractivity (Wildman–Crippen MR) is 102 cm³/mol. The normalized spacial score (nSPS) is 11.4. The molecule has 0 saturated heterocycles. The molecule has 0 fully saturated rings. The number of amides is 1. The largest absolute Gasteiger partial charge is 0.495 e. The second-order valence-corrected chi connectivity index (χ2v) is 7.68. The molecule has 0 aliphatic rings. The monoisotopic (exact) mass is 376 g/mol. The van der Waals surface area contributed by atoms with Gasteiger partial charge in [-0.1, -0.05) is 31.5 Å². The SMILES string of the molecule is CCN(CC)S(=O)(=O)c1cc(C(=O)Nc2ccc(C)cc2)ccc1OC. The molecule has 0 bridgehead atoms. The summed E-state index contributed by atoms with van der Waals surface area (Å²) in [6.45, 7) is 6.16. The number of carbonyl (C=O) groups excluding carboxylic acids is 1. The molecule has 1 N–H and O–H groups in total. The molecule has 0 aliphatic carbocycles. The van der Waals surface area contributed by atoms with E-state index in [2.05, 4.69) is 5.32 Å². The summed E-state index contributed by atoms with van der Waals surface area (Å²) in [6, 6.07) is 11.8. The topological polar surface area (TPSA) is 75.7 Å². The molecule has 0 atom stereocenters. The molecule has 0 heterocycles. The number of nitrogens with zero attached hydrogens (tertiary/aromatic N) is 1. The van der Waals surface area contributed by atoms with Gasteiger partial charge in [0.2, 0.25) is 10.0 Å². The van der Waals surface area contributed by atoms with Gasteiger partial charge >= 0.3 is 0 Å². The molecule has 0 radical (unpaired) electrons. The molecule has 1 amide bonds. The predicted octanol–water partition coefficient (Wildman–Crippen LogP) is 3.29. The van der Waals surface area contributed by atoms with Crippen molar-refractivity contribution in [3.8, 4) is 5.75 Å². The van der Waals surface area contributed by atoms with Crippen LogP contribution < -0.4 is 10.1 Å². The van der Waals surface area contributed by atoms with Gasteiger partial charge in [0.15, 0.2) is 0 Å². The summed E-state index contributed by atoms with van der Waals surface area (Å²) < 4.78 is 32.2. The first-order chi connectivity index (χ1) is 12.3. The van der Waals surface area contributed by atoms with Crippen molar-refractivity contribution in [2.45, 2.75) is 25.7 Å². The molecule has 0 unspecified atom stereocenters. The van der Waals surface area contributed by atoms with Crippen LogP contribution in [-0.4, -0.2) is 38.8 Å². The van der Waals surface area contributed by atoms with E-state index in [9.17, 15) is 13.2 Å². The lowest BCUT2D eigenvalue weighted by atomic mass is 10.2. The fraction of sp³-hybridized carbons (Fsp3) is 0.316. The van der Waals surface area contributed by atoms with Crippen molar-refractivity contribution >= 4 is 21.6 Å². The number of hydrogen-bond acceptors (Lipinski definition) is 4. The number of aryl methyl sites for hydroxylation is 1. The zero-order valence-electron chi connectivity index (χ0n) is 15.4. The van der Waals surface area contributed by atoms with Crippen LogP contribution in [0.5, 0.6) is 5.75 Å². The first-order valence-electron chi connectivity index (χ1n) is 8.39. The van der Waals surface area contributed by atoms with Crippen molar-refractivity contribution in [2.24, 2.45) is 0 Å². The van der Waals surface area contributed by atoms with E-state index in [0.717, 1.165) is 5.56 Å². The molecule has 26 heavy (non-hydrogen) atoms. The Morgan fingerprint density at radius 3 is 2.23 bits per heavy atom. The lowest BCUT2D eigenvalue weighted by Crippen LogP contribution is -2.31. The Kier molecular flexibility index (Phi) is 6.39. The maximum Gasteiger partial charge on any atom is 0.255 e. The third kappa shape index (κ3) is 4.23. The Balaban J connectivity index is 2.39. The van der Waals surface area contributed by atoms with E-state index >= 15 is 0 Å². The van der Waals surface area contributed by atoms with Crippen molar-refractivity contribution in [1.82, 2.24) is 4.31 Å². The number of carbonyl (C=O) groups is 1. The quantitative estimate of drug-likeness (QED) is 0.805. The number of anilines is 1. The van der Waals surface area contributed by atoms with Crippen molar-refractivity contribution in [2.75, 3.05) is 25.5 Å². The summed E-state index contributed by atoms with van der Waals surface area (Å²) in [5, 5.41) is 2.77. The average Bonchev–Trinajstić information content (AvgIpc) is 2.63. The van der Waals surface area contributed by atoms with Gasteiger partial charge in [-0.15, -0.1) is 0 Å².